The van der Waals surface area contributed by atoms with Crippen molar-refractivity contribution in [3.05, 3.63) is 89.8 Å². The molecule has 0 unspecified atom stereocenters. The lowest BCUT2D eigenvalue weighted by atomic mass is 10.1. The van der Waals surface area contributed by atoms with E-state index in [4.69, 9.17) is 4.42 Å². The first-order valence-corrected chi connectivity index (χ1v) is 10.3. The summed E-state index contributed by atoms with van der Waals surface area (Å²) in [7, 11) is 0. The van der Waals surface area contributed by atoms with Crippen LogP contribution in [0.1, 0.15) is 11.3 Å². The monoisotopic (exact) mass is 413 g/mol. The molecule has 0 bridgehead atoms. The molecule has 0 aliphatic heterocycles. The smallest absolute Gasteiger partial charge is 0.262 e. The van der Waals surface area contributed by atoms with Gasteiger partial charge in [0.05, 0.1) is 0 Å². The molecule has 0 saturated heterocycles. The number of H-pyrrole nitrogens is 1. The fourth-order valence-electron chi connectivity index (χ4n) is 3.11. The third-order valence-corrected chi connectivity index (χ3v) is 5.50. The number of aromatic nitrogens is 1. The van der Waals surface area contributed by atoms with E-state index in [1.165, 1.54) is 17.8 Å². The largest absolute Gasteiger partial charge is 0.450 e. The first-order chi connectivity index (χ1) is 14.7. The molecule has 30 heavy (non-hydrogen) atoms. The van der Waals surface area contributed by atoms with Gasteiger partial charge >= 0.3 is 0 Å². The van der Waals surface area contributed by atoms with Crippen LogP contribution in [0.15, 0.2) is 92.9 Å². The molecule has 2 aromatic heterocycles. The van der Waals surface area contributed by atoms with Crippen LogP contribution in [-0.2, 0) is 11.2 Å². The molecule has 4 aromatic rings. The molecule has 0 spiro atoms. The maximum atomic E-state index is 12.4. The summed E-state index contributed by atoms with van der Waals surface area (Å²) in [5.74, 6) is 0.0581. The van der Waals surface area contributed by atoms with E-state index in [9.17, 15) is 10.1 Å². The van der Waals surface area contributed by atoms with Crippen LogP contribution >= 0.6 is 11.8 Å². The molecular formula is C24H19N3O2S. The number of fused-ring (bicyclic) bond motifs is 1. The molecule has 148 valence electrons. The number of hydrogen-bond donors (Lipinski definition) is 2. The van der Waals surface area contributed by atoms with E-state index in [1.54, 1.807) is 6.07 Å². The minimum atomic E-state index is -0.411. The van der Waals surface area contributed by atoms with Crippen LogP contribution in [0, 0.1) is 11.3 Å². The minimum absolute atomic E-state index is 0.0135. The Bertz CT molecular complexity index is 1230. The molecule has 1 amide bonds. The van der Waals surface area contributed by atoms with Gasteiger partial charge in [0.1, 0.15) is 17.4 Å². The normalized spacial score (nSPS) is 11.4. The molecule has 0 atom stereocenters. The number of carbonyl (C=O) groups is 1. The first-order valence-electron chi connectivity index (χ1n) is 9.50. The van der Waals surface area contributed by atoms with Crippen molar-refractivity contribution < 1.29 is 9.21 Å². The molecule has 2 aromatic carbocycles. The van der Waals surface area contributed by atoms with Gasteiger partial charge in [0.25, 0.3) is 5.91 Å². The summed E-state index contributed by atoms with van der Waals surface area (Å²) in [6.45, 7) is 0.437. The van der Waals surface area contributed by atoms with Crippen LogP contribution in [0.2, 0.25) is 0 Å². The second-order valence-electron chi connectivity index (χ2n) is 6.61. The number of furan rings is 1. The maximum Gasteiger partial charge on any atom is 0.262 e. The molecule has 0 aliphatic carbocycles. The van der Waals surface area contributed by atoms with Gasteiger partial charge in [0.15, 0.2) is 5.09 Å². The number of para-hydroxylation sites is 1. The van der Waals surface area contributed by atoms with Crippen LogP contribution in [0.5, 0.6) is 0 Å². The highest BCUT2D eigenvalue weighted by Crippen LogP contribution is 2.29. The van der Waals surface area contributed by atoms with E-state index in [0.717, 1.165) is 21.4 Å². The SMILES string of the molecule is N#C/C(=C/c1ccc(Sc2ccccc2)o1)C(=O)NCCc1c[nH]c2ccccc12. The predicted molar refractivity (Wildman–Crippen MR) is 118 cm³/mol. The topological polar surface area (TPSA) is 81.8 Å². The van der Waals surface area contributed by atoms with E-state index in [1.807, 2.05) is 72.9 Å². The molecule has 0 aliphatic rings. The molecule has 5 nitrogen and oxygen atoms in total. The number of rotatable bonds is 7. The Hall–Kier alpha value is -3.69. The van der Waals surface area contributed by atoms with E-state index < -0.39 is 5.91 Å². The Morgan fingerprint density at radius 1 is 1.10 bits per heavy atom. The van der Waals surface area contributed by atoms with Crippen molar-refractivity contribution in [3.63, 3.8) is 0 Å². The third kappa shape index (κ3) is 4.65. The summed E-state index contributed by atoms with van der Waals surface area (Å²) in [5.41, 5.74) is 2.21. The summed E-state index contributed by atoms with van der Waals surface area (Å²) >= 11 is 1.48. The number of nitrogens with one attached hydrogen (secondary N) is 2. The zero-order valence-corrected chi connectivity index (χ0v) is 16.9. The number of hydrogen-bond acceptors (Lipinski definition) is 4. The number of benzene rings is 2. The molecule has 6 heteroatoms. The van der Waals surface area contributed by atoms with Crippen molar-refractivity contribution in [2.45, 2.75) is 16.4 Å². The molecule has 2 N–H and O–H groups in total. The van der Waals surface area contributed by atoms with Crippen molar-refractivity contribution in [2.24, 2.45) is 0 Å². The molecule has 0 saturated carbocycles. The van der Waals surface area contributed by atoms with Gasteiger partial charge in [-0.3, -0.25) is 4.79 Å². The Labute approximate surface area is 178 Å². The highest BCUT2D eigenvalue weighted by Gasteiger charge is 2.11. The van der Waals surface area contributed by atoms with Crippen LogP contribution < -0.4 is 5.32 Å². The second-order valence-corrected chi connectivity index (χ2v) is 7.69. The molecule has 2 heterocycles. The van der Waals surface area contributed by atoms with Crippen LogP contribution in [0.4, 0.5) is 0 Å². The van der Waals surface area contributed by atoms with E-state index in [-0.39, 0.29) is 5.57 Å². The molecule has 0 radical (unpaired) electrons. The summed E-state index contributed by atoms with van der Waals surface area (Å²) in [6, 6.07) is 23.4. The third-order valence-electron chi connectivity index (χ3n) is 4.57. The number of nitriles is 1. The lowest BCUT2D eigenvalue weighted by Crippen LogP contribution is -2.26. The Balaban J connectivity index is 1.36. The molecule has 0 fully saturated rings. The van der Waals surface area contributed by atoms with E-state index in [2.05, 4.69) is 10.3 Å². The Morgan fingerprint density at radius 3 is 2.73 bits per heavy atom. The van der Waals surface area contributed by atoms with Crippen molar-refractivity contribution in [2.75, 3.05) is 6.54 Å². The van der Waals surface area contributed by atoms with Crippen LogP contribution in [0.25, 0.3) is 17.0 Å². The molecule has 4 rings (SSSR count). The van der Waals surface area contributed by atoms with Gasteiger partial charge in [-0.15, -0.1) is 0 Å². The van der Waals surface area contributed by atoms with Gasteiger partial charge in [-0.2, -0.15) is 5.26 Å². The van der Waals surface area contributed by atoms with Crippen molar-refractivity contribution in [3.8, 4) is 6.07 Å². The average molecular weight is 414 g/mol. The Kier molecular flexibility index (Phi) is 6.02. The minimum Gasteiger partial charge on any atom is -0.450 e. The standard InChI is InChI=1S/C24H19N3O2S/c25-15-18(14-19-10-11-23(29-19)30-20-6-2-1-3-7-20)24(28)26-13-12-17-16-27-22-9-5-4-8-21(17)22/h1-11,14,16,27H,12-13H2,(H,26,28)/b18-14-. The van der Waals surface area contributed by atoms with Crippen molar-refractivity contribution >= 4 is 34.6 Å². The zero-order valence-electron chi connectivity index (χ0n) is 16.1. The second kappa shape index (κ2) is 9.21. The summed E-state index contributed by atoms with van der Waals surface area (Å²) in [4.78, 5) is 16.7. The van der Waals surface area contributed by atoms with Gasteiger partial charge in [0, 0.05) is 34.6 Å². The van der Waals surface area contributed by atoms with Crippen molar-refractivity contribution in [1.29, 1.82) is 5.26 Å². The quantitative estimate of drug-likeness (QED) is 0.323. The highest BCUT2D eigenvalue weighted by molar-refractivity contribution is 7.99. The van der Waals surface area contributed by atoms with Crippen molar-refractivity contribution in [1.82, 2.24) is 10.3 Å². The predicted octanol–water partition coefficient (Wildman–Crippen LogP) is 5.18. The highest BCUT2D eigenvalue weighted by atomic mass is 32.2. The van der Waals surface area contributed by atoms with Gasteiger partial charge in [0.2, 0.25) is 0 Å². The lowest BCUT2D eigenvalue weighted by Gasteiger charge is -2.03. The fraction of sp³-hybridized carbons (Fsp3) is 0.0833. The van der Waals surface area contributed by atoms with Gasteiger partial charge in [-0.25, -0.2) is 0 Å². The lowest BCUT2D eigenvalue weighted by molar-refractivity contribution is -0.117. The number of carbonyl (C=O) groups excluding carboxylic acids is 1. The fourth-order valence-corrected chi connectivity index (χ4v) is 3.91. The van der Waals surface area contributed by atoms with Gasteiger partial charge < -0.3 is 14.7 Å². The van der Waals surface area contributed by atoms with Crippen LogP contribution in [0.3, 0.4) is 0 Å². The average Bonchev–Trinajstić information content (AvgIpc) is 3.39. The number of aromatic amines is 1. The number of nitrogens with zero attached hydrogens (tertiary/aromatic N) is 1. The maximum absolute atomic E-state index is 12.4. The molecular weight excluding hydrogens is 394 g/mol. The van der Waals surface area contributed by atoms with Crippen LogP contribution in [-0.4, -0.2) is 17.4 Å². The number of amides is 1. The summed E-state index contributed by atoms with van der Waals surface area (Å²) < 4.78 is 5.73. The van der Waals surface area contributed by atoms with E-state index >= 15 is 0 Å². The van der Waals surface area contributed by atoms with E-state index in [0.29, 0.717) is 23.8 Å². The summed E-state index contributed by atoms with van der Waals surface area (Å²) in [6.07, 6.45) is 4.09. The zero-order chi connectivity index (χ0) is 20.8. The van der Waals surface area contributed by atoms with Gasteiger partial charge in [-0.1, -0.05) is 48.2 Å². The Morgan fingerprint density at radius 2 is 1.90 bits per heavy atom. The van der Waals surface area contributed by atoms with Gasteiger partial charge in [-0.05, 0) is 42.3 Å². The summed E-state index contributed by atoms with van der Waals surface area (Å²) in [5, 5.41) is 14.0. The first kappa shape index (κ1) is 19.6.